The molecule has 5 heteroatoms. The van der Waals surface area contributed by atoms with Crippen molar-refractivity contribution in [2.45, 2.75) is 0 Å². The van der Waals surface area contributed by atoms with Crippen LogP contribution >= 0.6 is 27.5 Å². The topological polar surface area (TPSA) is 35.0 Å². The van der Waals surface area contributed by atoms with Gasteiger partial charge in [0.05, 0.1) is 12.6 Å². The zero-order chi connectivity index (χ0) is 10.1. The van der Waals surface area contributed by atoms with Crippen LogP contribution in [0.2, 0.25) is 5.28 Å². The average molecular weight is 274 g/mol. The van der Waals surface area contributed by atoms with Gasteiger partial charge in [-0.3, -0.25) is 0 Å². The van der Waals surface area contributed by atoms with Crippen molar-refractivity contribution in [2.75, 3.05) is 7.11 Å². The first-order chi connectivity index (χ1) is 6.70. The summed E-state index contributed by atoms with van der Waals surface area (Å²) in [5, 5.41) is 1.11. The van der Waals surface area contributed by atoms with E-state index in [1.807, 2.05) is 18.2 Å². The molecule has 0 bridgehead atoms. The van der Waals surface area contributed by atoms with Crippen LogP contribution in [0.5, 0.6) is 5.75 Å². The van der Waals surface area contributed by atoms with Crippen LogP contribution in [0.4, 0.5) is 0 Å². The maximum Gasteiger partial charge on any atom is 0.224 e. The molecule has 1 aromatic carbocycles. The third kappa shape index (κ3) is 1.67. The summed E-state index contributed by atoms with van der Waals surface area (Å²) in [4.78, 5) is 8.07. The molecule has 1 heterocycles. The van der Waals surface area contributed by atoms with Gasteiger partial charge in [0.25, 0.3) is 0 Å². The van der Waals surface area contributed by atoms with Crippen molar-refractivity contribution in [3.05, 3.63) is 28.1 Å². The Bertz CT molecular complexity index is 489. The number of aromatic nitrogens is 2. The normalized spacial score (nSPS) is 10.5. The highest BCUT2D eigenvalue weighted by Crippen LogP contribution is 2.26. The fourth-order valence-electron chi connectivity index (χ4n) is 1.17. The predicted octanol–water partition coefficient (Wildman–Crippen LogP) is 3.05. The van der Waals surface area contributed by atoms with Crippen LogP contribution in [0, 0.1) is 0 Å². The van der Waals surface area contributed by atoms with E-state index >= 15 is 0 Å². The molecule has 0 radical (unpaired) electrons. The maximum atomic E-state index is 5.71. The molecule has 0 saturated carbocycles. The molecule has 14 heavy (non-hydrogen) atoms. The SMILES string of the molecule is COc1ccc2nc(Cl)nc(Br)c2c1. The fourth-order valence-corrected chi connectivity index (χ4v) is 1.93. The first kappa shape index (κ1) is 9.68. The number of rotatable bonds is 1. The van der Waals surface area contributed by atoms with Gasteiger partial charge < -0.3 is 4.74 Å². The number of hydrogen-bond donors (Lipinski definition) is 0. The summed E-state index contributed by atoms with van der Waals surface area (Å²) in [7, 11) is 1.62. The Morgan fingerprint density at radius 2 is 2.14 bits per heavy atom. The summed E-state index contributed by atoms with van der Waals surface area (Å²) in [6, 6.07) is 5.53. The van der Waals surface area contributed by atoms with Crippen molar-refractivity contribution in [3.8, 4) is 5.75 Å². The molecular formula is C9H6BrClN2O. The monoisotopic (exact) mass is 272 g/mol. The van der Waals surface area contributed by atoms with Crippen LogP contribution in [-0.2, 0) is 0 Å². The zero-order valence-corrected chi connectivity index (χ0v) is 9.63. The number of nitrogens with zero attached hydrogens (tertiary/aromatic N) is 2. The summed E-state index contributed by atoms with van der Waals surface area (Å²) in [6.45, 7) is 0. The second kappa shape index (κ2) is 3.71. The third-order valence-electron chi connectivity index (χ3n) is 1.83. The van der Waals surface area contributed by atoms with Gasteiger partial charge in [0.1, 0.15) is 10.4 Å². The standard InChI is InChI=1S/C9H6BrClN2O/c1-14-5-2-3-7-6(4-5)8(10)13-9(11)12-7/h2-4H,1H3. The summed E-state index contributed by atoms with van der Waals surface area (Å²) in [5.41, 5.74) is 0.790. The molecule has 0 N–H and O–H groups in total. The highest BCUT2D eigenvalue weighted by molar-refractivity contribution is 9.10. The fraction of sp³-hybridized carbons (Fsp3) is 0.111. The summed E-state index contributed by atoms with van der Waals surface area (Å²) in [5.74, 6) is 0.768. The summed E-state index contributed by atoms with van der Waals surface area (Å²) >= 11 is 9.03. The van der Waals surface area contributed by atoms with E-state index < -0.39 is 0 Å². The first-order valence-corrected chi connectivity index (χ1v) is 5.04. The van der Waals surface area contributed by atoms with Crippen LogP contribution in [0.1, 0.15) is 0 Å². The van der Waals surface area contributed by atoms with E-state index in [0.29, 0.717) is 4.60 Å². The van der Waals surface area contributed by atoms with Gasteiger partial charge in [-0.25, -0.2) is 9.97 Å². The molecule has 0 aliphatic heterocycles. The second-order valence-corrected chi connectivity index (χ2v) is 3.76. The van der Waals surface area contributed by atoms with Gasteiger partial charge in [-0.05, 0) is 45.7 Å². The molecule has 0 fully saturated rings. The third-order valence-corrected chi connectivity index (χ3v) is 2.60. The maximum absolute atomic E-state index is 5.71. The van der Waals surface area contributed by atoms with Crippen molar-refractivity contribution in [2.24, 2.45) is 0 Å². The van der Waals surface area contributed by atoms with Crippen LogP contribution in [-0.4, -0.2) is 17.1 Å². The lowest BCUT2D eigenvalue weighted by atomic mass is 10.2. The molecule has 0 amide bonds. The molecule has 3 nitrogen and oxygen atoms in total. The molecule has 0 unspecified atom stereocenters. The molecule has 0 aliphatic rings. The first-order valence-electron chi connectivity index (χ1n) is 3.87. The van der Waals surface area contributed by atoms with Crippen LogP contribution in [0.15, 0.2) is 22.8 Å². The second-order valence-electron chi connectivity index (χ2n) is 2.67. The highest BCUT2D eigenvalue weighted by Gasteiger charge is 2.04. The zero-order valence-electron chi connectivity index (χ0n) is 7.29. The van der Waals surface area contributed by atoms with E-state index in [2.05, 4.69) is 25.9 Å². The largest absolute Gasteiger partial charge is 0.497 e. The minimum atomic E-state index is 0.231. The van der Waals surface area contributed by atoms with Gasteiger partial charge in [-0.1, -0.05) is 0 Å². The smallest absolute Gasteiger partial charge is 0.224 e. The van der Waals surface area contributed by atoms with Gasteiger partial charge in [0.15, 0.2) is 0 Å². The quantitative estimate of drug-likeness (QED) is 0.592. The van der Waals surface area contributed by atoms with Crippen molar-refractivity contribution in [3.63, 3.8) is 0 Å². The van der Waals surface area contributed by atoms with Crippen molar-refractivity contribution in [1.82, 2.24) is 9.97 Å². The molecule has 0 atom stereocenters. The van der Waals surface area contributed by atoms with Gasteiger partial charge in [0, 0.05) is 5.39 Å². The number of methoxy groups -OCH3 is 1. The van der Waals surface area contributed by atoms with Crippen molar-refractivity contribution >= 4 is 38.4 Å². The molecule has 0 aliphatic carbocycles. The van der Waals surface area contributed by atoms with Crippen molar-refractivity contribution < 1.29 is 4.74 Å². The van der Waals surface area contributed by atoms with E-state index in [4.69, 9.17) is 16.3 Å². The van der Waals surface area contributed by atoms with Crippen LogP contribution in [0.25, 0.3) is 10.9 Å². The van der Waals surface area contributed by atoms with Gasteiger partial charge >= 0.3 is 0 Å². The molecule has 1 aromatic heterocycles. The summed E-state index contributed by atoms with van der Waals surface area (Å²) in [6.07, 6.45) is 0. The lowest BCUT2D eigenvalue weighted by Gasteiger charge is -2.03. The Hall–Kier alpha value is -0.870. The molecule has 72 valence electrons. The molecule has 0 saturated heterocycles. The number of benzene rings is 1. The Labute approximate surface area is 94.2 Å². The number of ether oxygens (including phenoxy) is 1. The van der Waals surface area contributed by atoms with Crippen LogP contribution in [0.3, 0.4) is 0 Å². The minimum absolute atomic E-state index is 0.231. The average Bonchev–Trinajstić information content (AvgIpc) is 2.17. The lowest BCUT2D eigenvalue weighted by Crippen LogP contribution is -1.88. The van der Waals surface area contributed by atoms with E-state index in [9.17, 15) is 0 Å². The molecular weight excluding hydrogens is 267 g/mol. The Balaban J connectivity index is 2.75. The van der Waals surface area contributed by atoms with E-state index in [1.54, 1.807) is 7.11 Å². The van der Waals surface area contributed by atoms with Crippen LogP contribution < -0.4 is 4.74 Å². The molecule has 2 aromatic rings. The number of hydrogen-bond acceptors (Lipinski definition) is 3. The van der Waals surface area contributed by atoms with Gasteiger partial charge in [0.2, 0.25) is 5.28 Å². The number of fused-ring (bicyclic) bond motifs is 1. The van der Waals surface area contributed by atoms with Gasteiger partial charge in [-0.2, -0.15) is 0 Å². The highest BCUT2D eigenvalue weighted by atomic mass is 79.9. The molecule has 0 spiro atoms. The minimum Gasteiger partial charge on any atom is -0.497 e. The predicted molar refractivity (Wildman–Crippen MR) is 58.8 cm³/mol. The van der Waals surface area contributed by atoms with E-state index in [0.717, 1.165) is 16.7 Å². The lowest BCUT2D eigenvalue weighted by molar-refractivity contribution is 0.415. The Morgan fingerprint density at radius 1 is 1.36 bits per heavy atom. The van der Waals surface area contributed by atoms with E-state index in [-0.39, 0.29) is 5.28 Å². The number of halogens is 2. The van der Waals surface area contributed by atoms with E-state index in [1.165, 1.54) is 0 Å². The van der Waals surface area contributed by atoms with Gasteiger partial charge in [-0.15, -0.1) is 0 Å². The molecule has 2 rings (SSSR count). The van der Waals surface area contributed by atoms with Crippen molar-refractivity contribution in [1.29, 1.82) is 0 Å². The summed E-state index contributed by atoms with van der Waals surface area (Å²) < 4.78 is 5.77. The Morgan fingerprint density at radius 3 is 2.86 bits per heavy atom. The Kier molecular flexibility index (Phi) is 2.56.